The number of benzene rings is 3. The first-order valence-electron chi connectivity index (χ1n) is 11.6. The molecule has 1 saturated heterocycles. The molecule has 1 N–H and O–H groups in total. The number of imide groups is 1. The summed E-state index contributed by atoms with van der Waals surface area (Å²) < 4.78 is 5.96. The van der Waals surface area contributed by atoms with Crippen LogP contribution in [0.3, 0.4) is 0 Å². The van der Waals surface area contributed by atoms with Gasteiger partial charge in [-0.1, -0.05) is 83.3 Å². The summed E-state index contributed by atoms with van der Waals surface area (Å²) in [6, 6.07) is 24.8. The Hall–Kier alpha value is -3.62. The first kappa shape index (κ1) is 22.8. The van der Waals surface area contributed by atoms with Crippen molar-refractivity contribution in [3.8, 4) is 5.75 Å². The van der Waals surface area contributed by atoms with Gasteiger partial charge >= 0.3 is 4.87 Å². The van der Waals surface area contributed by atoms with Gasteiger partial charge in [0.2, 0.25) is 11.8 Å². The van der Waals surface area contributed by atoms with Crippen molar-refractivity contribution in [1.82, 2.24) is 4.98 Å². The van der Waals surface area contributed by atoms with E-state index in [1.54, 1.807) is 12.1 Å². The van der Waals surface area contributed by atoms with Crippen molar-refractivity contribution in [3.63, 3.8) is 0 Å². The standard InChI is InChI=1S/C28H22N2O4S2/c1-16-7-9-17(10-8-16)15-34-20-13-11-18(12-14-20)21-22-24(35-25-23(21)36-28(33)29-25)27(32)30(26(22)31)19-5-3-2-4-6-19/h2-14,21-22,24H,15H2,1H3,(H,29,33)/t21-,22?,24?/m1/s1. The van der Waals surface area contributed by atoms with Crippen molar-refractivity contribution in [2.45, 2.75) is 29.7 Å². The summed E-state index contributed by atoms with van der Waals surface area (Å²) in [5, 5.41) is 0.0740. The smallest absolute Gasteiger partial charge is 0.305 e. The molecule has 1 aromatic heterocycles. The third kappa shape index (κ3) is 3.96. The summed E-state index contributed by atoms with van der Waals surface area (Å²) in [5.41, 5.74) is 3.72. The third-order valence-electron chi connectivity index (χ3n) is 6.60. The normalized spacial score (nSPS) is 20.8. The highest BCUT2D eigenvalue weighted by Crippen LogP contribution is 2.53. The molecule has 0 saturated carbocycles. The number of ether oxygens (including phenoxy) is 1. The first-order chi connectivity index (χ1) is 17.5. The predicted octanol–water partition coefficient (Wildman–Crippen LogP) is 5.12. The van der Waals surface area contributed by atoms with Gasteiger partial charge in [0.15, 0.2) is 0 Å². The molecule has 4 aromatic rings. The molecule has 1 fully saturated rings. The molecule has 2 aliphatic rings. The van der Waals surface area contributed by atoms with E-state index in [1.165, 1.54) is 22.2 Å². The average molecular weight is 515 g/mol. The van der Waals surface area contributed by atoms with Gasteiger partial charge in [0.1, 0.15) is 17.6 Å². The highest BCUT2D eigenvalue weighted by atomic mass is 32.2. The van der Waals surface area contributed by atoms with Crippen molar-refractivity contribution in [2.24, 2.45) is 5.92 Å². The lowest BCUT2D eigenvalue weighted by Gasteiger charge is -2.29. The monoisotopic (exact) mass is 514 g/mol. The maximum absolute atomic E-state index is 13.7. The number of thiazole rings is 1. The number of para-hydroxylation sites is 1. The number of fused-ring (bicyclic) bond motifs is 2. The lowest BCUT2D eigenvalue weighted by Crippen LogP contribution is -2.32. The van der Waals surface area contributed by atoms with Crippen molar-refractivity contribution >= 4 is 40.6 Å². The molecule has 2 aliphatic heterocycles. The van der Waals surface area contributed by atoms with Gasteiger partial charge in [-0.2, -0.15) is 0 Å². The summed E-state index contributed by atoms with van der Waals surface area (Å²) in [5.74, 6) is -0.766. The van der Waals surface area contributed by atoms with Crippen molar-refractivity contribution in [1.29, 1.82) is 0 Å². The molecule has 2 amide bonds. The maximum Gasteiger partial charge on any atom is 0.305 e. The second-order valence-electron chi connectivity index (χ2n) is 8.94. The fraction of sp³-hybridized carbons (Fsp3) is 0.179. The van der Waals surface area contributed by atoms with Crippen LogP contribution in [0.5, 0.6) is 5.75 Å². The molecule has 6 rings (SSSR count). The zero-order chi connectivity index (χ0) is 24.8. The van der Waals surface area contributed by atoms with Crippen LogP contribution in [-0.4, -0.2) is 22.0 Å². The summed E-state index contributed by atoms with van der Waals surface area (Å²) in [6.07, 6.45) is 0. The van der Waals surface area contributed by atoms with Gasteiger partial charge in [0.05, 0.1) is 16.6 Å². The number of nitrogens with one attached hydrogen (secondary N) is 1. The second kappa shape index (κ2) is 9.11. The number of hydrogen-bond acceptors (Lipinski definition) is 6. The number of aromatic amines is 1. The molecule has 36 heavy (non-hydrogen) atoms. The Bertz CT molecular complexity index is 1490. The number of hydrogen-bond donors (Lipinski definition) is 1. The molecule has 0 spiro atoms. The first-order valence-corrected chi connectivity index (χ1v) is 13.3. The largest absolute Gasteiger partial charge is 0.489 e. The number of carbonyl (C=O) groups excluding carboxylic acids is 2. The summed E-state index contributed by atoms with van der Waals surface area (Å²) in [4.78, 5) is 44.1. The van der Waals surface area contributed by atoms with Crippen LogP contribution in [0.2, 0.25) is 0 Å². The molecule has 2 unspecified atom stereocenters. The van der Waals surface area contributed by atoms with Gasteiger partial charge in [0.25, 0.3) is 0 Å². The number of anilines is 1. The van der Waals surface area contributed by atoms with E-state index < -0.39 is 17.1 Å². The van der Waals surface area contributed by atoms with Crippen LogP contribution in [-0.2, 0) is 16.2 Å². The molecule has 0 radical (unpaired) electrons. The highest BCUT2D eigenvalue weighted by Gasteiger charge is 2.56. The number of aromatic nitrogens is 1. The second-order valence-corrected chi connectivity index (χ2v) is 11.1. The molecule has 180 valence electrons. The van der Waals surface area contributed by atoms with Crippen LogP contribution in [0, 0.1) is 12.8 Å². The summed E-state index contributed by atoms with van der Waals surface area (Å²) in [7, 11) is 0. The number of amides is 2. The van der Waals surface area contributed by atoms with Crippen LogP contribution in [0.1, 0.15) is 27.5 Å². The quantitative estimate of drug-likeness (QED) is 0.374. The van der Waals surface area contributed by atoms with Crippen molar-refractivity contribution in [2.75, 3.05) is 4.90 Å². The lowest BCUT2D eigenvalue weighted by molar-refractivity contribution is -0.122. The fourth-order valence-electron chi connectivity index (χ4n) is 4.83. The van der Waals surface area contributed by atoms with E-state index >= 15 is 0 Å². The summed E-state index contributed by atoms with van der Waals surface area (Å²) >= 11 is 2.40. The molecule has 0 bridgehead atoms. The van der Waals surface area contributed by atoms with Gasteiger partial charge in [-0.25, -0.2) is 4.90 Å². The molecule has 3 aromatic carbocycles. The SMILES string of the molecule is Cc1ccc(COc2ccc([C@H]3c4sc(=O)[nH]c4SC4C(=O)N(c5ccccc5)C(=O)C43)cc2)cc1. The Balaban J connectivity index is 1.32. The van der Waals surface area contributed by atoms with Crippen LogP contribution in [0.25, 0.3) is 0 Å². The molecule has 6 nitrogen and oxygen atoms in total. The Morgan fingerprint density at radius 2 is 1.61 bits per heavy atom. The van der Waals surface area contributed by atoms with Gasteiger partial charge in [-0.3, -0.25) is 14.4 Å². The Labute approximate surface area is 215 Å². The molecular formula is C28H22N2O4S2. The minimum absolute atomic E-state index is 0.185. The van der Waals surface area contributed by atoms with E-state index in [0.29, 0.717) is 23.1 Å². The third-order valence-corrected chi connectivity index (χ3v) is 9.00. The summed E-state index contributed by atoms with van der Waals surface area (Å²) in [6.45, 7) is 2.50. The Morgan fingerprint density at radius 3 is 2.33 bits per heavy atom. The molecule has 0 aliphatic carbocycles. The number of nitrogens with zero attached hydrogens (tertiary/aromatic N) is 1. The fourth-order valence-corrected chi connectivity index (χ4v) is 7.35. The molecular weight excluding hydrogens is 492 g/mol. The zero-order valence-electron chi connectivity index (χ0n) is 19.3. The maximum atomic E-state index is 13.7. The zero-order valence-corrected chi connectivity index (χ0v) is 21.0. The van der Waals surface area contributed by atoms with E-state index in [1.807, 2.05) is 61.5 Å². The van der Waals surface area contributed by atoms with Crippen LogP contribution < -0.4 is 14.5 Å². The average Bonchev–Trinajstić information content (AvgIpc) is 3.39. The van der Waals surface area contributed by atoms with E-state index in [9.17, 15) is 14.4 Å². The van der Waals surface area contributed by atoms with E-state index in [2.05, 4.69) is 17.1 Å². The van der Waals surface area contributed by atoms with Crippen LogP contribution >= 0.6 is 23.1 Å². The number of H-pyrrole nitrogens is 1. The van der Waals surface area contributed by atoms with Gasteiger partial charge in [-0.05, 0) is 42.3 Å². The molecule has 8 heteroatoms. The van der Waals surface area contributed by atoms with Crippen LogP contribution in [0.4, 0.5) is 5.69 Å². The van der Waals surface area contributed by atoms with Crippen LogP contribution in [0.15, 0.2) is 88.7 Å². The van der Waals surface area contributed by atoms with E-state index in [-0.39, 0.29) is 16.7 Å². The minimum Gasteiger partial charge on any atom is -0.489 e. The van der Waals surface area contributed by atoms with Gasteiger partial charge in [0, 0.05) is 10.8 Å². The lowest BCUT2D eigenvalue weighted by atomic mass is 9.83. The topological polar surface area (TPSA) is 79.5 Å². The number of carbonyl (C=O) groups is 2. The predicted molar refractivity (Wildman–Crippen MR) is 141 cm³/mol. The van der Waals surface area contributed by atoms with E-state index in [0.717, 1.165) is 27.3 Å². The number of thioether (sulfide) groups is 1. The minimum atomic E-state index is -0.599. The number of aryl methyl sites for hydroxylation is 1. The van der Waals surface area contributed by atoms with Gasteiger partial charge in [-0.15, -0.1) is 0 Å². The Kier molecular flexibility index (Phi) is 5.78. The molecule has 3 atom stereocenters. The van der Waals surface area contributed by atoms with Gasteiger partial charge < -0.3 is 9.72 Å². The number of rotatable bonds is 5. The van der Waals surface area contributed by atoms with Crippen molar-refractivity contribution in [3.05, 3.63) is 110 Å². The molecule has 3 heterocycles. The van der Waals surface area contributed by atoms with Crippen molar-refractivity contribution < 1.29 is 14.3 Å². The highest BCUT2D eigenvalue weighted by molar-refractivity contribution is 8.00. The Morgan fingerprint density at radius 1 is 0.889 bits per heavy atom. The van der Waals surface area contributed by atoms with E-state index in [4.69, 9.17) is 4.74 Å².